The van der Waals surface area contributed by atoms with Gasteiger partial charge in [0, 0.05) is 13.0 Å². The molecule has 0 rings (SSSR count). The van der Waals surface area contributed by atoms with Crippen LogP contribution < -0.4 is 16.8 Å². The maximum atomic E-state index is 12.0. The number of guanidine groups is 1. The number of rotatable bonds is 26. The molecule has 7 nitrogen and oxygen atoms in total. The Kier molecular flexibility index (Phi) is 24.0. The Bertz CT molecular complexity index is 536. The zero-order valence-corrected chi connectivity index (χ0v) is 22.7. The third-order valence-corrected chi connectivity index (χ3v) is 6.60. The molecule has 0 aliphatic carbocycles. The SMILES string of the molecule is CCCCCCCCCCCCCCCCCCCCCCC(=O)N[C@@H](CCN=C(N)N)C(=O)O. The van der Waals surface area contributed by atoms with Gasteiger partial charge >= 0.3 is 5.97 Å². The summed E-state index contributed by atoms with van der Waals surface area (Å²) in [5.41, 5.74) is 10.5. The van der Waals surface area contributed by atoms with E-state index >= 15 is 0 Å². The van der Waals surface area contributed by atoms with Gasteiger partial charge in [0.05, 0.1) is 0 Å². The molecule has 0 aromatic rings. The van der Waals surface area contributed by atoms with Crippen LogP contribution in [-0.2, 0) is 9.59 Å². The number of carbonyl (C=O) groups excluding carboxylic acids is 1. The lowest BCUT2D eigenvalue weighted by Gasteiger charge is -2.13. The topological polar surface area (TPSA) is 131 Å². The summed E-state index contributed by atoms with van der Waals surface area (Å²) in [5.74, 6) is -1.36. The van der Waals surface area contributed by atoms with Crippen molar-refractivity contribution in [1.29, 1.82) is 0 Å². The van der Waals surface area contributed by atoms with Crippen LogP contribution in [-0.4, -0.2) is 35.5 Å². The van der Waals surface area contributed by atoms with E-state index in [-0.39, 0.29) is 24.8 Å². The van der Waals surface area contributed by atoms with E-state index in [4.69, 9.17) is 11.5 Å². The van der Waals surface area contributed by atoms with Crippen molar-refractivity contribution in [3.8, 4) is 0 Å². The quantitative estimate of drug-likeness (QED) is 0.0622. The lowest BCUT2D eigenvalue weighted by molar-refractivity contribution is -0.142. The fraction of sp³-hybridized carbons (Fsp3) is 0.893. The first-order valence-electron chi connectivity index (χ1n) is 14.5. The molecule has 0 fully saturated rings. The summed E-state index contributed by atoms with van der Waals surface area (Å²) in [7, 11) is 0. The molecule has 0 aromatic carbocycles. The smallest absolute Gasteiger partial charge is 0.326 e. The van der Waals surface area contributed by atoms with Crippen LogP contribution in [0.15, 0.2) is 4.99 Å². The Morgan fingerprint density at radius 1 is 0.686 bits per heavy atom. The summed E-state index contributed by atoms with van der Waals surface area (Å²) in [5, 5.41) is 11.8. The molecular weight excluding hydrogens is 440 g/mol. The molecule has 1 atom stereocenters. The Hall–Kier alpha value is -1.79. The third-order valence-electron chi connectivity index (χ3n) is 6.60. The van der Waals surface area contributed by atoms with E-state index in [0.717, 1.165) is 19.3 Å². The van der Waals surface area contributed by atoms with Crippen LogP contribution >= 0.6 is 0 Å². The molecule has 0 heterocycles. The molecule has 206 valence electrons. The van der Waals surface area contributed by atoms with Gasteiger partial charge in [-0.05, 0) is 12.8 Å². The largest absolute Gasteiger partial charge is 0.480 e. The van der Waals surface area contributed by atoms with Gasteiger partial charge in [0.2, 0.25) is 5.91 Å². The number of unbranched alkanes of at least 4 members (excludes halogenated alkanes) is 19. The van der Waals surface area contributed by atoms with Crippen molar-refractivity contribution in [1.82, 2.24) is 5.32 Å². The number of aliphatic imine (C=N–C) groups is 1. The van der Waals surface area contributed by atoms with E-state index in [9.17, 15) is 14.7 Å². The number of carboxylic acid groups (broad SMARTS) is 1. The standard InChI is InChI=1S/C28H56N4O3/c1-2-3-4-5-6-7-8-9-10-11-12-13-14-15-16-17-18-19-20-21-22-26(33)32-25(27(34)35)23-24-31-28(29)30/h25H,2-24H2,1H3,(H,32,33)(H,34,35)(H4,29,30,31)/t25-/m0/s1. The van der Waals surface area contributed by atoms with Crippen molar-refractivity contribution in [2.24, 2.45) is 16.5 Å². The highest BCUT2D eigenvalue weighted by molar-refractivity contribution is 5.83. The van der Waals surface area contributed by atoms with Crippen molar-refractivity contribution < 1.29 is 14.7 Å². The third kappa shape index (κ3) is 25.1. The van der Waals surface area contributed by atoms with E-state index in [1.807, 2.05) is 0 Å². The van der Waals surface area contributed by atoms with Crippen molar-refractivity contribution in [2.75, 3.05) is 6.54 Å². The van der Waals surface area contributed by atoms with Gasteiger partial charge in [-0.15, -0.1) is 0 Å². The van der Waals surface area contributed by atoms with Gasteiger partial charge in [-0.2, -0.15) is 0 Å². The molecule has 0 saturated heterocycles. The molecule has 0 radical (unpaired) electrons. The number of nitrogens with zero attached hydrogens (tertiary/aromatic N) is 1. The summed E-state index contributed by atoms with van der Waals surface area (Å²) in [6, 6.07) is -0.948. The summed E-state index contributed by atoms with van der Waals surface area (Å²) in [4.78, 5) is 27.0. The van der Waals surface area contributed by atoms with Crippen molar-refractivity contribution >= 4 is 17.8 Å². The van der Waals surface area contributed by atoms with Crippen molar-refractivity contribution in [2.45, 2.75) is 154 Å². The van der Waals surface area contributed by atoms with Crippen LogP contribution in [0.4, 0.5) is 0 Å². The minimum absolute atomic E-state index is 0.0789. The summed E-state index contributed by atoms with van der Waals surface area (Å²) >= 11 is 0. The fourth-order valence-electron chi connectivity index (χ4n) is 4.39. The fourth-order valence-corrected chi connectivity index (χ4v) is 4.39. The lowest BCUT2D eigenvalue weighted by atomic mass is 10.0. The van der Waals surface area contributed by atoms with Crippen LogP contribution in [0.25, 0.3) is 0 Å². The molecule has 7 heteroatoms. The van der Waals surface area contributed by atoms with E-state index in [1.54, 1.807) is 0 Å². The maximum Gasteiger partial charge on any atom is 0.326 e. The minimum atomic E-state index is -1.06. The second-order valence-corrected chi connectivity index (χ2v) is 10.0. The normalized spacial score (nSPS) is 11.8. The number of hydrogen-bond acceptors (Lipinski definition) is 3. The van der Waals surface area contributed by atoms with Crippen LogP contribution in [0.1, 0.15) is 148 Å². The van der Waals surface area contributed by atoms with Crippen LogP contribution in [0.5, 0.6) is 0 Å². The number of nitrogens with one attached hydrogen (secondary N) is 1. The highest BCUT2D eigenvalue weighted by atomic mass is 16.4. The summed E-state index contributed by atoms with van der Waals surface area (Å²) in [6.45, 7) is 2.46. The van der Waals surface area contributed by atoms with Gasteiger partial charge in [0.15, 0.2) is 5.96 Å². The van der Waals surface area contributed by atoms with Gasteiger partial charge < -0.3 is 21.9 Å². The van der Waals surface area contributed by atoms with Gasteiger partial charge in [-0.1, -0.05) is 129 Å². The first kappa shape index (κ1) is 33.2. The van der Waals surface area contributed by atoms with E-state index in [1.165, 1.54) is 109 Å². The van der Waals surface area contributed by atoms with Crippen molar-refractivity contribution in [3.05, 3.63) is 0 Å². The molecule has 35 heavy (non-hydrogen) atoms. The lowest BCUT2D eigenvalue weighted by Crippen LogP contribution is -2.41. The molecule has 1 amide bonds. The number of aliphatic carboxylic acids is 1. The molecule has 0 aromatic heterocycles. The van der Waals surface area contributed by atoms with Gasteiger partial charge in [-0.25, -0.2) is 4.79 Å². The highest BCUT2D eigenvalue weighted by Gasteiger charge is 2.19. The van der Waals surface area contributed by atoms with Gasteiger partial charge in [0.1, 0.15) is 6.04 Å². The number of hydrogen-bond donors (Lipinski definition) is 4. The average molecular weight is 497 g/mol. The first-order chi connectivity index (χ1) is 17.0. The molecule has 6 N–H and O–H groups in total. The number of carbonyl (C=O) groups is 2. The zero-order valence-electron chi connectivity index (χ0n) is 22.7. The monoisotopic (exact) mass is 496 g/mol. The summed E-state index contributed by atoms with van der Waals surface area (Å²) < 4.78 is 0. The number of nitrogens with two attached hydrogens (primary N) is 2. The predicted molar refractivity (Wildman–Crippen MR) is 147 cm³/mol. The highest BCUT2D eigenvalue weighted by Crippen LogP contribution is 2.15. The Balaban J connectivity index is 3.39. The van der Waals surface area contributed by atoms with Crippen LogP contribution in [0.3, 0.4) is 0 Å². The predicted octanol–water partition coefficient (Wildman–Crippen LogP) is 6.43. The molecule has 0 aliphatic rings. The van der Waals surface area contributed by atoms with Crippen LogP contribution in [0.2, 0.25) is 0 Å². The van der Waals surface area contributed by atoms with E-state index < -0.39 is 12.0 Å². The molecular formula is C28H56N4O3. The van der Waals surface area contributed by atoms with Gasteiger partial charge in [0.25, 0.3) is 0 Å². The van der Waals surface area contributed by atoms with E-state index in [0.29, 0.717) is 6.42 Å². The molecule has 0 saturated carbocycles. The van der Waals surface area contributed by atoms with Gasteiger partial charge in [-0.3, -0.25) is 9.79 Å². The molecule has 0 unspecified atom stereocenters. The second kappa shape index (κ2) is 25.3. The minimum Gasteiger partial charge on any atom is -0.480 e. The van der Waals surface area contributed by atoms with Crippen molar-refractivity contribution in [3.63, 3.8) is 0 Å². The number of amides is 1. The summed E-state index contributed by atoms with van der Waals surface area (Å²) in [6.07, 6.45) is 27.0. The Morgan fingerprint density at radius 2 is 1.06 bits per heavy atom. The number of carboxylic acids is 1. The second-order valence-electron chi connectivity index (χ2n) is 10.0. The Morgan fingerprint density at radius 3 is 1.40 bits per heavy atom. The maximum absolute atomic E-state index is 12.0. The molecule has 0 spiro atoms. The Labute approximate surface area is 215 Å². The van der Waals surface area contributed by atoms with Crippen LogP contribution in [0, 0.1) is 0 Å². The zero-order chi connectivity index (χ0) is 26.0. The molecule has 0 aliphatic heterocycles. The van der Waals surface area contributed by atoms with E-state index in [2.05, 4.69) is 17.2 Å². The molecule has 0 bridgehead atoms. The average Bonchev–Trinajstić information content (AvgIpc) is 2.81. The first-order valence-corrected chi connectivity index (χ1v) is 14.5.